The number of aliphatic carboxylic acids is 1. The predicted molar refractivity (Wildman–Crippen MR) is 80.9 cm³/mol. The summed E-state index contributed by atoms with van der Waals surface area (Å²) in [5, 5.41) is 9.83. The number of rotatable bonds is 3. The number of benzene rings is 1. The number of hydrogen-bond acceptors (Lipinski definition) is 3. The first-order valence-corrected chi connectivity index (χ1v) is 7.25. The number of hydrogen-bond donors (Lipinski definition) is 2. The molecule has 0 radical (unpaired) electrons. The third-order valence-corrected chi connectivity index (χ3v) is 3.84. The van der Waals surface area contributed by atoms with Gasteiger partial charge in [-0.25, -0.2) is 0 Å². The largest absolute Gasteiger partial charge is 0.481 e. The van der Waals surface area contributed by atoms with E-state index in [0.29, 0.717) is 25.4 Å². The van der Waals surface area contributed by atoms with Crippen molar-refractivity contribution in [3.8, 4) is 0 Å². The minimum absolute atomic E-state index is 0.0876. The fourth-order valence-electron chi connectivity index (χ4n) is 2.75. The minimum Gasteiger partial charge on any atom is -0.481 e. The summed E-state index contributed by atoms with van der Waals surface area (Å²) in [6, 6.07) is 7.81. The van der Waals surface area contributed by atoms with E-state index < -0.39 is 12.1 Å². The first-order valence-electron chi connectivity index (χ1n) is 7.25. The van der Waals surface area contributed by atoms with Crippen molar-refractivity contribution >= 4 is 22.8 Å². The van der Waals surface area contributed by atoms with E-state index in [1.165, 1.54) is 0 Å². The molecular formula is C16H18N2O4. The van der Waals surface area contributed by atoms with E-state index in [9.17, 15) is 9.59 Å². The van der Waals surface area contributed by atoms with Gasteiger partial charge in [0.2, 0.25) is 0 Å². The van der Waals surface area contributed by atoms with Gasteiger partial charge in [-0.3, -0.25) is 9.59 Å². The first-order chi connectivity index (χ1) is 10.5. The number of aryl methyl sites for hydroxylation is 1. The van der Waals surface area contributed by atoms with Crippen molar-refractivity contribution in [2.24, 2.45) is 0 Å². The maximum absolute atomic E-state index is 12.6. The molecule has 0 aliphatic carbocycles. The molecule has 1 saturated heterocycles. The van der Waals surface area contributed by atoms with Crippen molar-refractivity contribution in [1.82, 2.24) is 9.88 Å². The van der Waals surface area contributed by atoms with Crippen LogP contribution >= 0.6 is 0 Å². The third kappa shape index (κ3) is 2.96. The van der Waals surface area contributed by atoms with Crippen LogP contribution in [0.4, 0.5) is 0 Å². The number of morpholine rings is 1. The van der Waals surface area contributed by atoms with Crippen LogP contribution in [-0.4, -0.2) is 52.7 Å². The molecule has 0 bridgehead atoms. The molecule has 1 fully saturated rings. The molecule has 0 saturated carbocycles. The molecule has 6 nitrogen and oxygen atoms in total. The predicted octanol–water partition coefficient (Wildman–Crippen LogP) is 1.79. The van der Waals surface area contributed by atoms with E-state index in [1.54, 1.807) is 4.90 Å². The zero-order valence-corrected chi connectivity index (χ0v) is 12.3. The lowest BCUT2D eigenvalue weighted by atomic mass is 10.2. The second kappa shape index (κ2) is 5.81. The Morgan fingerprint density at radius 3 is 3.00 bits per heavy atom. The van der Waals surface area contributed by atoms with Crippen molar-refractivity contribution in [3.63, 3.8) is 0 Å². The van der Waals surface area contributed by atoms with Gasteiger partial charge < -0.3 is 19.7 Å². The highest BCUT2D eigenvalue weighted by Crippen LogP contribution is 2.19. The Labute approximate surface area is 127 Å². The van der Waals surface area contributed by atoms with Crippen molar-refractivity contribution in [1.29, 1.82) is 0 Å². The summed E-state index contributed by atoms with van der Waals surface area (Å²) in [5.41, 5.74) is 2.58. The van der Waals surface area contributed by atoms with Crippen molar-refractivity contribution in [2.75, 3.05) is 19.7 Å². The number of carbonyl (C=O) groups is 2. The van der Waals surface area contributed by atoms with E-state index in [1.807, 2.05) is 31.2 Å². The van der Waals surface area contributed by atoms with Gasteiger partial charge in [0.1, 0.15) is 5.69 Å². The number of fused-ring (bicyclic) bond motifs is 1. The van der Waals surface area contributed by atoms with Gasteiger partial charge in [-0.15, -0.1) is 0 Å². The van der Waals surface area contributed by atoms with E-state index in [2.05, 4.69) is 4.98 Å². The van der Waals surface area contributed by atoms with E-state index in [0.717, 1.165) is 16.5 Å². The number of aromatic amines is 1. The molecular weight excluding hydrogens is 284 g/mol. The molecule has 1 aliphatic heterocycles. The van der Waals surface area contributed by atoms with E-state index in [-0.39, 0.29) is 12.3 Å². The smallest absolute Gasteiger partial charge is 0.306 e. The second-order valence-electron chi connectivity index (χ2n) is 5.62. The molecule has 2 aromatic rings. The van der Waals surface area contributed by atoms with Crippen LogP contribution in [0.1, 0.15) is 22.5 Å². The Balaban J connectivity index is 1.78. The maximum Gasteiger partial charge on any atom is 0.306 e. The Morgan fingerprint density at radius 2 is 2.23 bits per heavy atom. The molecule has 116 valence electrons. The van der Waals surface area contributed by atoms with Gasteiger partial charge in [0.15, 0.2) is 0 Å². The molecule has 0 unspecified atom stereocenters. The maximum atomic E-state index is 12.6. The zero-order valence-electron chi connectivity index (χ0n) is 12.3. The molecule has 1 aromatic carbocycles. The molecule has 6 heteroatoms. The summed E-state index contributed by atoms with van der Waals surface area (Å²) in [6.07, 6.45) is -0.530. The normalized spacial score (nSPS) is 18.6. The lowest BCUT2D eigenvalue weighted by Gasteiger charge is -2.32. The Hall–Kier alpha value is -2.34. The Kier molecular flexibility index (Phi) is 3.85. The highest BCUT2D eigenvalue weighted by Gasteiger charge is 2.27. The van der Waals surface area contributed by atoms with Gasteiger partial charge in [0, 0.05) is 24.0 Å². The quantitative estimate of drug-likeness (QED) is 0.905. The monoisotopic (exact) mass is 302 g/mol. The number of carboxylic acids is 1. The van der Waals surface area contributed by atoms with Crippen LogP contribution in [0.15, 0.2) is 24.3 Å². The number of nitrogens with one attached hydrogen (secondary N) is 1. The fourth-order valence-corrected chi connectivity index (χ4v) is 2.75. The van der Waals surface area contributed by atoms with Crippen LogP contribution < -0.4 is 0 Å². The molecule has 1 aromatic heterocycles. The van der Waals surface area contributed by atoms with E-state index >= 15 is 0 Å². The van der Waals surface area contributed by atoms with Crippen LogP contribution in [-0.2, 0) is 9.53 Å². The molecule has 2 N–H and O–H groups in total. The third-order valence-electron chi connectivity index (χ3n) is 3.84. The van der Waals surface area contributed by atoms with Crippen molar-refractivity contribution in [2.45, 2.75) is 19.4 Å². The molecule has 3 rings (SSSR count). The van der Waals surface area contributed by atoms with Crippen LogP contribution in [0.25, 0.3) is 10.9 Å². The summed E-state index contributed by atoms with van der Waals surface area (Å²) in [6.45, 7) is 3.14. The van der Waals surface area contributed by atoms with Gasteiger partial charge in [-0.05, 0) is 24.6 Å². The molecule has 22 heavy (non-hydrogen) atoms. The molecule has 2 heterocycles. The molecule has 1 amide bonds. The van der Waals surface area contributed by atoms with Crippen LogP contribution in [0.3, 0.4) is 0 Å². The van der Waals surface area contributed by atoms with E-state index in [4.69, 9.17) is 9.84 Å². The van der Waals surface area contributed by atoms with Gasteiger partial charge in [-0.1, -0.05) is 12.1 Å². The molecule has 0 spiro atoms. The SMILES string of the molecule is Cc1ccc2cc(C(=O)N3CCO[C@@H](CC(=O)O)C3)[nH]c2c1. The Bertz CT molecular complexity index is 722. The Morgan fingerprint density at radius 1 is 1.41 bits per heavy atom. The number of aromatic nitrogens is 1. The van der Waals surface area contributed by atoms with Crippen molar-refractivity contribution in [3.05, 3.63) is 35.5 Å². The van der Waals surface area contributed by atoms with Crippen molar-refractivity contribution < 1.29 is 19.4 Å². The molecule has 1 aliphatic rings. The number of carbonyl (C=O) groups excluding carboxylic acids is 1. The number of carboxylic acid groups (broad SMARTS) is 1. The molecule has 1 atom stereocenters. The van der Waals surface area contributed by atoms with Crippen LogP contribution in [0, 0.1) is 6.92 Å². The van der Waals surface area contributed by atoms with Gasteiger partial charge in [0.05, 0.1) is 19.1 Å². The topological polar surface area (TPSA) is 82.6 Å². The lowest BCUT2D eigenvalue weighted by molar-refractivity contribution is -0.141. The number of nitrogens with zero attached hydrogens (tertiary/aromatic N) is 1. The standard InChI is InChI=1S/C16H18N2O4/c1-10-2-3-11-7-14(17-13(11)6-10)16(21)18-4-5-22-12(9-18)8-15(19)20/h2-3,6-7,12,17H,4-5,8-9H2,1H3,(H,19,20)/t12-/m0/s1. The minimum atomic E-state index is -0.916. The van der Waals surface area contributed by atoms with Crippen LogP contribution in [0.5, 0.6) is 0 Å². The summed E-state index contributed by atoms with van der Waals surface area (Å²) in [7, 11) is 0. The van der Waals surface area contributed by atoms with Crippen LogP contribution in [0.2, 0.25) is 0 Å². The first kappa shape index (κ1) is 14.6. The highest BCUT2D eigenvalue weighted by molar-refractivity contribution is 5.98. The summed E-state index contributed by atoms with van der Waals surface area (Å²) in [4.78, 5) is 28.1. The average molecular weight is 302 g/mol. The van der Waals surface area contributed by atoms with Gasteiger partial charge in [0.25, 0.3) is 5.91 Å². The summed E-state index contributed by atoms with van der Waals surface area (Å²) in [5.74, 6) is -1.03. The van der Waals surface area contributed by atoms with Gasteiger partial charge >= 0.3 is 5.97 Å². The fraction of sp³-hybridized carbons (Fsp3) is 0.375. The summed E-state index contributed by atoms with van der Waals surface area (Å²) < 4.78 is 5.39. The second-order valence-corrected chi connectivity index (χ2v) is 5.62. The number of amides is 1. The van der Waals surface area contributed by atoms with Gasteiger partial charge in [-0.2, -0.15) is 0 Å². The highest BCUT2D eigenvalue weighted by atomic mass is 16.5. The average Bonchev–Trinajstić information content (AvgIpc) is 2.89. The lowest BCUT2D eigenvalue weighted by Crippen LogP contribution is -2.46. The number of H-pyrrole nitrogens is 1. The zero-order chi connectivity index (χ0) is 15.7. The number of ether oxygens (including phenoxy) is 1. The summed E-state index contributed by atoms with van der Waals surface area (Å²) >= 11 is 0.